The van der Waals surface area contributed by atoms with E-state index in [-0.39, 0.29) is 12.0 Å². The molecule has 0 amide bonds. The monoisotopic (exact) mass is 229 g/mol. The molecule has 0 aromatic heterocycles. The van der Waals surface area contributed by atoms with Gasteiger partial charge in [-0.05, 0) is 19.9 Å². The maximum atomic E-state index is 11.1. The lowest BCUT2D eigenvalue weighted by molar-refractivity contribution is -0.143. The van der Waals surface area contributed by atoms with Gasteiger partial charge in [0.05, 0.1) is 19.1 Å². The van der Waals surface area contributed by atoms with E-state index in [2.05, 4.69) is 4.90 Å². The third kappa shape index (κ3) is 2.36. The maximum absolute atomic E-state index is 11.1. The van der Waals surface area contributed by atoms with Gasteiger partial charge in [0.2, 0.25) is 0 Å². The first-order valence-corrected chi connectivity index (χ1v) is 5.80. The Balaban J connectivity index is 1.96. The van der Waals surface area contributed by atoms with Gasteiger partial charge < -0.3 is 14.6 Å². The van der Waals surface area contributed by atoms with E-state index in [1.165, 1.54) is 0 Å². The van der Waals surface area contributed by atoms with Gasteiger partial charge >= 0.3 is 5.97 Å². The highest BCUT2D eigenvalue weighted by Crippen LogP contribution is 2.24. The zero-order chi connectivity index (χ0) is 11.5. The van der Waals surface area contributed by atoms with E-state index in [0.717, 1.165) is 26.1 Å². The number of carboxylic acids is 1. The maximum Gasteiger partial charge on any atom is 0.310 e. The van der Waals surface area contributed by atoms with Crippen molar-refractivity contribution in [2.45, 2.75) is 24.9 Å². The second kappa shape index (κ2) is 5.12. The number of hydrogen-bond acceptors (Lipinski definition) is 4. The van der Waals surface area contributed by atoms with E-state index in [1.807, 2.05) is 7.05 Å². The molecule has 0 radical (unpaired) electrons. The first kappa shape index (κ1) is 11.8. The summed E-state index contributed by atoms with van der Waals surface area (Å²) in [6.07, 6.45) is 1.97. The van der Waals surface area contributed by atoms with Crippen molar-refractivity contribution in [3.63, 3.8) is 0 Å². The summed E-state index contributed by atoms with van der Waals surface area (Å²) >= 11 is 0. The normalized spacial score (nSPS) is 32.1. The summed E-state index contributed by atoms with van der Waals surface area (Å²) in [5, 5.41) is 9.10. The summed E-state index contributed by atoms with van der Waals surface area (Å²) in [4.78, 5) is 13.2. The predicted octanol–water partition coefficient (Wildman–Crippen LogP) is 0.197. The first-order chi connectivity index (χ1) is 7.70. The van der Waals surface area contributed by atoms with E-state index in [9.17, 15) is 4.79 Å². The van der Waals surface area contributed by atoms with Crippen LogP contribution in [0.1, 0.15) is 12.8 Å². The Kier molecular flexibility index (Phi) is 3.78. The van der Waals surface area contributed by atoms with Gasteiger partial charge in [-0.15, -0.1) is 0 Å². The summed E-state index contributed by atoms with van der Waals surface area (Å²) in [6.45, 7) is 2.43. The molecule has 2 fully saturated rings. The third-order valence-corrected chi connectivity index (χ3v) is 3.66. The second-order valence-corrected chi connectivity index (χ2v) is 4.56. The molecule has 0 spiro atoms. The number of nitrogens with zero attached hydrogens (tertiary/aromatic N) is 1. The van der Waals surface area contributed by atoms with Crippen molar-refractivity contribution in [1.29, 1.82) is 0 Å². The van der Waals surface area contributed by atoms with E-state index >= 15 is 0 Å². The zero-order valence-electron chi connectivity index (χ0n) is 9.59. The van der Waals surface area contributed by atoms with Crippen LogP contribution in [-0.2, 0) is 14.3 Å². The minimum atomic E-state index is -0.749. The van der Waals surface area contributed by atoms with Crippen LogP contribution in [0.5, 0.6) is 0 Å². The Labute approximate surface area is 95.3 Å². The average molecular weight is 229 g/mol. The van der Waals surface area contributed by atoms with Crippen molar-refractivity contribution in [3.8, 4) is 0 Å². The van der Waals surface area contributed by atoms with Crippen LogP contribution < -0.4 is 0 Å². The van der Waals surface area contributed by atoms with Crippen LogP contribution in [-0.4, -0.2) is 61.5 Å². The number of aliphatic carboxylic acids is 1. The van der Waals surface area contributed by atoms with Gasteiger partial charge in [0.25, 0.3) is 0 Å². The lowest BCUT2D eigenvalue weighted by Crippen LogP contribution is -2.48. The van der Waals surface area contributed by atoms with Crippen LogP contribution in [0, 0.1) is 5.92 Å². The molecule has 0 aromatic rings. The van der Waals surface area contributed by atoms with Gasteiger partial charge in [0, 0.05) is 25.3 Å². The Bertz CT molecular complexity index is 252. The quantitative estimate of drug-likeness (QED) is 0.749. The Morgan fingerprint density at radius 1 is 1.25 bits per heavy atom. The van der Waals surface area contributed by atoms with Crippen molar-refractivity contribution in [2.24, 2.45) is 5.92 Å². The Morgan fingerprint density at radius 2 is 1.94 bits per heavy atom. The number of hydrogen-bond donors (Lipinski definition) is 1. The largest absolute Gasteiger partial charge is 0.481 e. The molecule has 92 valence electrons. The van der Waals surface area contributed by atoms with E-state index in [1.54, 1.807) is 0 Å². The van der Waals surface area contributed by atoms with Gasteiger partial charge in [-0.25, -0.2) is 0 Å². The zero-order valence-corrected chi connectivity index (χ0v) is 9.59. The van der Waals surface area contributed by atoms with Crippen LogP contribution in [0.3, 0.4) is 0 Å². The molecule has 2 unspecified atom stereocenters. The van der Waals surface area contributed by atoms with Gasteiger partial charge in [-0.2, -0.15) is 0 Å². The van der Waals surface area contributed by atoms with E-state index in [4.69, 9.17) is 14.6 Å². The van der Waals surface area contributed by atoms with Crippen molar-refractivity contribution in [1.82, 2.24) is 4.90 Å². The van der Waals surface area contributed by atoms with Gasteiger partial charge in [0.1, 0.15) is 0 Å². The fourth-order valence-electron chi connectivity index (χ4n) is 2.54. The standard InChI is InChI=1S/C11H19NO4/c1-12(8-2-4-15-5-3-8)10-7-16-6-9(10)11(13)14/h8-10H,2-7H2,1H3,(H,13,14). The topological polar surface area (TPSA) is 59.0 Å². The third-order valence-electron chi connectivity index (χ3n) is 3.66. The molecule has 16 heavy (non-hydrogen) atoms. The van der Waals surface area contributed by atoms with Gasteiger partial charge in [-0.1, -0.05) is 0 Å². The predicted molar refractivity (Wildman–Crippen MR) is 57.3 cm³/mol. The number of carbonyl (C=O) groups is 1. The van der Waals surface area contributed by atoms with Crippen LogP contribution in [0.15, 0.2) is 0 Å². The Morgan fingerprint density at radius 3 is 2.56 bits per heavy atom. The highest BCUT2D eigenvalue weighted by Gasteiger charge is 2.39. The summed E-state index contributed by atoms with van der Waals surface area (Å²) < 4.78 is 10.6. The molecule has 0 bridgehead atoms. The smallest absolute Gasteiger partial charge is 0.310 e. The first-order valence-electron chi connectivity index (χ1n) is 5.80. The summed E-state index contributed by atoms with van der Waals surface area (Å²) in [7, 11) is 2.01. The van der Waals surface area contributed by atoms with Crippen LogP contribution in [0.4, 0.5) is 0 Å². The molecule has 2 rings (SSSR count). The minimum absolute atomic E-state index is 0.0144. The number of ether oxygens (including phenoxy) is 2. The Hall–Kier alpha value is -0.650. The number of carboxylic acid groups (broad SMARTS) is 1. The molecule has 2 saturated heterocycles. The summed E-state index contributed by atoms with van der Waals surface area (Å²) in [5.41, 5.74) is 0. The molecule has 2 atom stereocenters. The molecular weight excluding hydrogens is 210 g/mol. The van der Waals surface area contributed by atoms with Crippen molar-refractivity contribution >= 4 is 5.97 Å². The van der Waals surface area contributed by atoms with Gasteiger partial charge in [-0.3, -0.25) is 9.69 Å². The van der Waals surface area contributed by atoms with Gasteiger partial charge in [0.15, 0.2) is 0 Å². The summed E-state index contributed by atoms with van der Waals surface area (Å²) in [6, 6.07) is 0.447. The SMILES string of the molecule is CN(C1CCOCC1)C1COCC1C(=O)O. The van der Waals surface area contributed by atoms with Crippen LogP contribution >= 0.6 is 0 Å². The van der Waals surface area contributed by atoms with Crippen LogP contribution in [0.25, 0.3) is 0 Å². The molecule has 2 aliphatic heterocycles. The fourth-order valence-corrected chi connectivity index (χ4v) is 2.54. The molecular formula is C11H19NO4. The lowest BCUT2D eigenvalue weighted by Gasteiger charge is -2.36. The molecule has 2 aliphatic rings. The molecule has 0 aromatic carbocycles. The molecule has 5 nitrogen and oxygen atoms in total. The second-order valence-electron chi connectivity index (χ2n) is 4.56. The number of likely N-dealkylation sites (N-methyl/N-ethyl adjacent to an activating group) is 1. The van der Waals surface area contributed by atoms with E-state index in [0.29, 0.717) is 19.3 Å². The average Bonchev–Trinajstić information content (AvgIpc) is 2.78. The highest BCUT2D eigenvalue weighted by atomic mass is 16.5. The molecule has 0 saturated carbocycles. The highest BCUT2D eigenvalue weighted by molar-refractivity contribution is 5.71. The molecule has 1 N–H and O–H groups in total. The molecule has 5 heteroatoms. The van der Waals surface area contributed by atoms with E-state index < -0.39 is 5.97 Å². The fraction of sp³-hybridized carbons (Fsp3) is 0.909. The minimum Gasteiger partial charge on any atom is -0.481 e. The molecule has 2 heterocycles. The molecule has 0 aliphatic carbocycles. The van der Waals surface area contributed by atoms with Crippen molar-refractivity contribution in [2.75, 3.05) is 33.5 Å². The van der Waals surface area contributed by atoms with Crippen molar-refractivity contribution < 1.29 is 19.4 Å². The van der Waals surface area contributed by atoms with Crippen LogP contribution in [0.2, 0.25) is 0 Å². The van der Waals surface area contributed by atoms with Crippen molar-refractivity contribution in [3.05, 3.63) is 0 Å². The number of rotatable bonds is 3. The lowest BCUT2D eigenvalue weighted by atomic mass is 9.98. The summed E-state index contributed by atoms with van der Waals surface area (Å²) in [5.74, 6) is -1.13.